The summed E-state index contributed by atoms with van der Waals surface area (Å²) in [6, 6.07) is 11.4. The molecule has 0 amide bonds. The predicted octanol–water partition coefficient (Wildman–Crippen LogP) is 3.34. The minimum atomic E-state index is -0.104. The molecule has 0 unspecified atom stereocenters. The van der Waals surface area contributed by atoms with Crippen molar-refractivity contribution in [3.63, 3.8) is 0 Å². The van der Waals surface area contributed by atoms with Crippen molar-refractivity contribution in [2.75, 3.05) is 41.7 Å². The lowest BCUT2D eigenvalue weighted by atomic mass is 9.95. The third-order valence-electron chi connectivity index (χ3n) is 4.78. The maximum absolute atomic E-state index is 10.1. The molecule has 2 rings (SSSR count). The van der Waals surface area contributed by atoms with Crippen LogP contribution in [0.15, 0.2) is 59.7 Å². The first-order valence-corrected chi connectivity index (χ1v) is 9.61. The molecular formula is C24H30O6. The van der Waals surface area contributed by atoms with Gasteiger partial charge in [0.25, 0.3) is 0 Å². The molecule has 0 aliphatic rings. The molecule has 0 aromatic heterocycles. The number of rotatable bonds is 11. The van der Waals surface area contributed by atoms with Crippen molar-refractivity contribution in [1.29, 1.82) is 0 Å². The molecule has 2 aromatic carbocycles. The molecule has 0 aliphatic carbocycles. The Morgan fingerprint density at radius 2 is 1.23 bits per heavy atom. The van der Waals surface area contributed by atoms with Gasteiger partial charge in [0, 0.05) is 0 Å². The first kappa shape index (κ1) is 23.3. The number of methoxy groups -OCH3 is 4. The molecule has 0 bridgehead atoms. The lowest BCUT2D eigenvalue weighted by molar-refractivity contribution is 0.326. The topological polar surface area (TPSA) is 77.4 Å². The van der Waals surface area contributed by atoms with Crippen molar-refractivity contribution < 1.29 is 29.2 Å². The predicted molar refractivity (Wildman–Crippen MR) is 117 cm³/mol. The second-order valence-corrected chi connectivity index (χ2v) is 6.60. The van der Waals surface area contributed by atoms with Crippen LogP contribution >= 0.6 is 0 Å². The van der Waals surface area contributed by atoms with Gasteiger partial charge in [-0.3, -0.25) is 0 Å². The van der Waals surface area contributed by atoms with Crippen molar-refractivity contribution in [2.45, 2.75) is 12.8 Å². The smallest absolute Gasteiger partial charge is 0.160 e. The van der Waals surface area contributed by atoms with E-state index in [1.54, 1.807) is 34.5 Å². The number of aliphatic hydroxyl groups excluding tert-OH is 2. The molecule has 0 saturated heterocycles. The minimum absolute atomic E-state index is 0.0789. The fraction of sp³-hybridized carbons (Fsp3) is 0.333. The van der Waals surface area contributed by atoms with E-state index in [9.17, 15) is 10.2 Å². The summed E-state index contributed by atoms with van der Waals surface area (Å²) in [6.45, 7) is -0.183. The van der Waals surface area contributed by atoms with Gasteiger partial charge in [-0.15, -0.1) is 0 Å². The second kappa shape index (κ2) is 11.9. The Morgan fingerprint density at radius 1 is 0.733 bits per heavy atom. The zero-order valence-electron chi connectivity index (χ0n) is 18.0. The standard InChI is InChI=1S/C24H30O6/c1-27-21-9-7-17(14-23(21)29-3)12-19(6-5-11-25)20(16-26)13-18-8-10-22(28-2)24(15-18)30-4/h5-10,14-15,25-26H,11-13,16H2,1-4H3/b6-5+,20-19-. The lowest BCUT2D eigenvalue weighted by Crippen LogP contribution is -2.04. The number of benzene rings is 2. The van der Waals surface area contributed by atoms with Crippen molar-refractivity contribution in [1.82, 2.24) is 0 Å². The van der Waals surface area contributed by atoms with E-state index in [0.29, 0.717) is 35.8 Å². The quantitative estimate of drug-likeness (QED) is 0.549. The highest BCUT2D eigenvalue weighted by atomic mass is 16.5. The molecule has 162 valence electrons. The van der Waals surface area contributed by atoms with Gasteiger partial charge in [-0.05, 0) is 59.4 Å². The van der Waals surface area contributed by atoms with Gasteiger partial charge >= 0.3 is 0 Å². The van der Waals surface area contributed by atoms with Crippen molar-refractivity contribution in [3.05, 3.63) is 70.8 Å². The zero-order chi connectivity index (χ0) is 21.9. The van der Waals surface area contributed by atoms with Gasteiger partial charge < -0.3 is 29.2 Å². The SMILES string of the molecule is COc1ccc(CC(/C=C/CO)=C(\CO)Cc2ccc(OC)c(OC)c2)cc1OC. The molecule has 0 atom stereocenters. The van der Waals surface area contributed by atoms with Crippen LogP contribution < -0.4 is 18.9 Å². The van der Waals surface area contributed by atoms with Crippen LogP contribution in [-0.2, 0) is 12.8 Å². The summed E-state index contributed by atoms with van der Waals surface area (Å²) in [5, 5.41) is 19.4. The van der Waals surface area contributed by atoms with Crippen LogP contribution in [0, 0.1) is 0 Å². The Labute approximate surface area is 178 Å². The highest BCUT2D eigenvalue weighted by molar-refractivity contribution is 5.47. The first-order chi connectivity index (χ1) is 14.6. The van der Waals surface area contributed by atoms with Gasteiger partial charge in [-0.1, -0.05) is 24.3 Å². The van der Waals surface area contributed by atoms with Gasteiger partial charge in [0.2, 0.25) is 0 Å². The molecule has 2 aromatic rings. The van der Waals surface area contributed by atoms with E-state index in [1.807, 2.05) is 42.5 Å². The third-order valence-corrected chi connectivity index (χ3v) is 4.78. The van der Waals surface area contributed by atoms with Crippen molar-refractivity contribution >= 4 is 0 Å². The molecule has 0 fully saturated rings. The first-order valence-electron chi connectivity index (χ1n) is 9.61. The Kier molecular flexibility index (Phi) is 9.25. The molecule has 6 heteroatoms. The van der Waals surface area contributed by atoms with Gasteiger partial charge in [-0.25, -0.2) is 0 Å². The van der Waals surface area contributed by atoms with Crippen LogP contribution in [0.4, 0.5) is 0 Å². The Morgan fingerprint density at radius 3 is 1.67 bits per heavy atom. The highest BCUT2D eigenvalue weighted by Gasteiger charge is 2.11. The van der Waals surface area contributed by atoms with Crippen LogP contribution in [0.5, 0.6) is 23.0 Å². The second-order valence-electron chi connectivity index (χ2n) is 6.60. The summed E-state index contributed by atoms with van der Waals surface area (Å²) in [6.07, 6.45) is 4.62. The van der Waals surface area contributed by atoms with Crippen LogP contribution in [0.2, 0.25) is 0 Å². The van der Waals surface area contributed by atoms with E-state index in [-0.39, 0.29) is 13.2 Å². The van der Waals surface area contributed by atoms with E-state index in [1.165, 1.54) is 0 Å². The number of aliphatic hydroxyl groups is 2. The monoisotopic (exact) mass is 414 g/mol. The van der Waals surface area contributed by atoms with Crippen molar-refractivity contribution in [3.8, 4) is 23.0 Å². The van der Waals surface area contributed by atoms with Gasteiger partial charge in [-0.2, -0.15) is 0 Å². The van der Waals surface area contributed by atoms with E-state index in [0.717, 1.165) is 22.3 Å². The van der Waals surface area contributed by atoms with Gasteiger partial charge in [0.15, 0.2) is 23.0 Å². The number of allylic oxidation sites excluding steroid dienone is 2. The van der Waals surface area contributed by atoms with Crippen LogP contribution in [0.3, 0.4) is 0 Å². The van der Waals surface area contributed by atoms with Crippen molar-refractivity contribution in [2.24, 2.45) is 0 Å². The summed E-state index contributed by atoms with van der Waals surface area (Å²) >= 11 is 0. The summed E-state index contributed by atoms with van der Waals surface area (Å²) in [5.41, 5.74) is 3.76. The Hall–Kier alpha value is -2.96. The lowest BCUT2D eigenvalue weighted by Gasteiger charge is -2.15. The Bertz CT molecular complexity index is 885. The normalized spacial score (nSPS) is 11.9. The van der Waals surface area contributed by atoms with Crippen LogP contribution in [0.1, 0.15) is 11.1 Å². The highest BCUT2D eigenvalue weighted by Crippen LogP contribution is 2.31. The molecule has 0 aliphatic heterocycles. The van der Waals surface area contributed by atoms with Gasteiger partial charge in [0.05, 0.1) is 41.7 Å². The van der Waals surface area contributed by atoms with Gasteiger partial charge in [0.1, 0.15) is 0 Å². The zero-order valence-corrected chi connectivity index (χ0v) is 18.0. The number of hydrogen-bond acceptors (Lipinski definition) is 6. The average molecular weight is 414 g/mol. The van der Waals surface area contributed by atoms with E-state index in [2.05, 4.69) is 0 Å². The van der Waals surface area contributed by atoms with E-state index < -0.39 is 0 Å². The summed E-state index contributed by atoms with van der Waals surface area (Å²) in [4.78, 5) is 0. The molecule has 2 N–H and O–H groups in total. The van der Waals surface area contributed by atoms with Crippen LogP contribution in [-0.4, -0.2) is 51.9 Å². The maximum Gasteiger partial charge on any atom is 0.160 e. The average Bonchev–Trinajstić information content (AvgIpc) is 2.79. The fourth-order valence-electron chi connectivity index (χ4n) is 3.22. The molecule has 0 radical (unpaired) electrons. The fourth-order valence-corrected chi connectivity index (χ4v) is 3.22. The molecule has 0 saturated carbocycles. The number of ether oxygens (including phenoxy) is 4. The van der Waals surface area contributed by atoms with E-state index >= 15 is 0 Å². The molecule has 6 nitrogen and oxygen atoms in total. The third kappa shape index (κ3) is 6.02. The molecule has 30 heavy (non-hydrogen) atoms. The van der Waals surface area contributed by atoms with E-state index in [4.69, 9.17) is 18.9 Å². The minimum Gasteiger partial charge on any atom is -0.493 e. The van der Waals surface area contributed by atoms with Crippen LogP contribution in [0.25, 0.3) is 0 Å². The maximum atomic E-state index is 10.1. The number of hydrogen-bond donors (Lipinski definition) is 2. The Balaban J connectivity index is 2.39. The molecular weight excluding hydrogens is 384 g/mol. The molecule has 0 heterocycles. The molecule has 0 spiro atoms. The summed E-state index contributed by atoms with van der Waals surface area (Å²) in [5.74, 6) is 2.59. The summed E-state index contributed by atoms with van der Waals surface area (Å²) in [7, 11) is 6.38. The largest absolute Gasteiger partial charge is 0.493 e. The summed E-state index contributed by atoms with van der Waals surface area (Å²) < 4.78 is 21.4.